The number of hydrogen-bond acceptors (Lipinski definition) is 4. The first-order chi connectivity index (χ1) is 11.6. The number of carbonyl (C=O) groups is 1. The van der Waals surface area contributed by atoms with Gasteiger partial charge in [-0.05, 0) is 70.1 Å². The molecule has 2 N–H and O–H groups in total. The van der Waals surface area contributed by atoms with Crippen LogP contribution in [0.15, 0.2) is 0 Å². The van der Waals surface area contributed by atoms with Crippen molar-refractivity contribution in [2.75, 3.05) is 25.0 Å². The van der Waals surface area contributed by atoms with E-state index < -0.39 is 0 Å². The zero-order chi connectivity index (χ0) is 16.7. The van der Waals surface area contributed by atoms with Crippen LogP contribution in [0.4, 0.5) is 5.13 Å². The third-order valence-corrected chi connectivity index (χ3v) is 7.66. The summed E-state index contributed by atoms with van der Waals surface area (Å²) in [5.74, 6) is 2.78. The smallest absolute Gasteiger partial charge is 0.281 e. The van der Waals surface area contributed by atoms with Gasteiger partial charge in [0.2, 0.25) is 5.13 Å². The molecule has 4 aliphatic carbocycles. The number of hydrogen-bond donors (Lipinski definition) is 2. The lowest BCUT2D eigenvalue weighted by atomic mass is 9.50. The summed E-state index contributed by atoms with van der Waals surface area (Å²) in [6.45, 7) is 6.68. The number of aromatic nitrogens is 2. The average Bonchev–Trinajstić information content (AvgIpc) is 3.00. The molecular weight excluding hydrogens is 320 g/mol. The number of amides is 1. The van der Waals surface area contributed by atoms with Crippen molar-refractivity contribution < 1.29 is 9.69 Å². The van der Waals surface area contributed by atoms with Gasteiger partial charge in [0.05, 0.1) is 13.1 Å². The number of anilines is 1. The van der Waals surface area contributed by atoms with Gasteiger partial charge >= 0.3 is 0 Å². The highest BCUT2D eigenvalue weighted by Crippen LogP contribution is 2.61. The quantitative estimate of drug-likeness (QED) is 0.824. The van der Waals surface area contributed by atoms with E-state index in [4.69, 9.17) is 0 Å². The van der Waals surface area contributed by atoms with Crippen molar-refractivity contribution in [2.45, 2.75) is 57.8 Å². The summed E-state index contributed by atoms with van der Waals surface area (Å²) in [4.78, 5) is 13.5. The van der Waals surface area contributed by atoms with Crippen molar-refractivity contribution in [3.8, 4) is 0 Å². The largest absolute Gasteiger partial charge is 0.328 e. The van der Waals surface area contributed by atoms with Crippen molar-refractivity contribution in [1.82, 2.24) is 10.2 Å². The fraction of sp³-hybridized carbons (Fsp3) is 0.833. The number of likely N-dealkylation sites (N-methyl/N-ethyl adjacent to an activating group) is 1. The summed E-state index contributed by atoms with van der Waals surface area (Å²) in [7, 11) is 0. The topological polar surface area (TPSA) is 59.3 Å². The van der Waals surface area contributed by atoms with Crippen LogP contribution in [0.1, 0.15) is 57.4 Å². The van der Waals surface area contributed by atoms with Gasteiger partial charge in [0.25, 0.3) is 5.91 Å². The molecular formula is C18H29N4OS+. The SMILES string of the molecule is CC[NH+](CC)CC(=O)Nc1nnc(C23CC4CC(CC(C4)C2)C3)s1. The van der Waals surface area contributed by atoms with E-state index in [1.54, 1.807) is 11.3 Å². The predicted molar refractivity (Wildman–Crippen MR) is 95.3 cm³/mol. The number of carbonyl (C=O) groups excluding carboxylic acids is 1. The van der Waals surface area contributed by atoms with Crippen molar-refractivity contribution >= 4 is 22.4 Å². The summed E-state index contributed by atoms with van der Waals surface area (Å²) in [6, 6.07) is 0. The average molecular weight is 350 g/mol. The number of nitrogens with zero attached hydrogens (tertiary/aromatic N) is 2. The van der Waals surface area contributed by atoms with Crippen LogP contribution in [0.2, 0.25) is 0 Å². The van der Waals surface area contributed by atoms with E-state index in [-0.39, 0.29) is 11.3 Å². The minimum atomic E-state index is 0.0573. The molecule has 5 nitrogen and oxygen atoms in total. The Kier molecular flexibility index (Phi) is 4.37. The highest BCUT2D eigenvalue weighted by atomic mass is 32.1. The number of quaternary nitrogens is 1. The molecule has 6 heteroatoms. The molecule has 0 radical (unpaired) electrons. The summed E-state index contributed by atoms with van der Waals surface area (Å²) in [6.07, 6.45) is 8.21. The van der Waals surface area contributed by atoms with Gasteiger partial charge in [-0.15, -0.1) is 10.2 Å². The molecule has 4 saturated carbocycles. The van der Waals surface area contributed by atoms with Crippen LogP contribution in [-0.4, -0.2) is 35.7 Å². The van der Waals surface area contributed by atoms with E-state index in [1.807, 2.05) is 0 Å². The molecule has 0 unspecified atom stereocenters. The lowest BCUT2D eigenvalue weighted by Gasteiger charge is -2.55. The Labute approximate surface area is 148 Å². The first kappa shape index (κ1) is 16.5. The maximum absolute atomic E-state index is 12.2. The molecule has 0 saturated heterocycles. The molecule has 4 fully saturated rings. The zero-order valence-electron chi connectivity index (χ0n) is 14.8. The van der Waals surface area contributed by atoms with Crippen LogP contribution in [0.25, 0.3) is 0 Å². The second kappa shape index (κ2) is 6.37. The molecule has 132 valence electrons. The van der Waals surface area contributed by atoms with Crippen molar-refractivity contribution in [3.63, 3.8) is 0 Å². The molecule has 0 aromatic carbocycles. The second-order valence-corrected chi connectivity index (χ2v) is 9.27. The summed E-state index contributed by atoms with van der Waals surface area (Å²) >= 11 is 1.63. The number of rotatable bonds is 6. The molecule has 4 bridgehead atoms. The van der Waals surface area contributed by atoms with Gasteiger partial charge in [-0.25, -0.2) is 0 Å². The Balaban J connectivity index is 1.44. The molecule has 0 aliphatic heterocycles. The van der Waals surface area contributed by atoms with E-state index in [2.05, 4.69) is 29.4 Å². The van der Waals surface area contributed by atoms with Gasteiger partial charge in [0.1, 0.15) is 5.01 Å². The van der Waals surface area contributed by atoms with Crippen LogP contribution in [0, 0.1) is 17.8 Å². The lowest BCUT2D eigenvalue weighted by Crippen LogP contribution is -3.12. The van der Waals surface area contributed by atoms with E-state index in [0.717, 1.165) is 30.8 Å². The van der Waals surface area contributed by atoms with Gasteiger partial charge < -0.3 is 4.90 Å². The Hall–Kier alpha value is -1.01. The summed E-state index contributed by atoms with van der Waals surface area (Å²) in [5, 5.41) is 13.7. The normalized spacial score (nSPS) is 34.0. The Morgan fingerprint density at radius 2 is 1.71 bits per heavy atom. The fourth-order valence-corrected chi connectivity index (χ4v) is 6.73. The monoisotopic (exact) mass is 349 g/mol. The molecule has 1 aromatic heterocycles. The Morgan fingerprint density at radius 1 is 1.12 bits per heavy atom. The fourth-order valence-electron chi connectivity index (χ4n) is 5.75. The zero-order valence-corrected chi connectivity index (χ0v) is 15.6. The third-order valence-electron chi connectivity index (χ3n) is 6.57. The molecule has 0 atom stereocenters. The van der Waals surface area contributed by atoms with Crippen LogP contribution in [0.5, 0.6) is 0 Å². The first-order valence-corrected chi connectivity index (χ1v) is 10.4. The van der Waals surface area contributed by atoms with E-state index in [0.29, 0.717) is 11.7 Å². The highest BCUT2D eigenvalue weighted by Gasteiger charge is 2.53. The van der Waals surface area contributed by atoms with Gasteiger partial charge in [0, 0.05) is 5.41 Å². The molecule has 4 aliphatic rings. The summed E-state index contributed by atoms with van der Waals surface area (Å²) < 4.78 is 0. The molecule has 5 rings (SSSR count). The van der Waals surface area contributed by atoms with E-state index in [1.165, 1.54) is 48.4 Å². The van der Waals surface area contributed by atoms with Crippen molar-refractivity contribution in [3.05, 3.63) is 5.01 Å². The molecule has 1 amide bonds. The van der Waals surface area contributed by atoms with Gasteiger partial charge in [-0.3, -0.25) is 10.1 Å². The van der Waals surface area contributed by atoms with Crippen LogP contribution in [-0.2, 0) is 10.2 Å². The lowest BCUT2D eigenvalue weighted by molar-refractivity contribution is -0.888. The Morgan fingerprint density at radius 3 is 2.25 bits per heavy atom. The third kappa shape index (κ3) is 2.99. The van der Waals surface area contributed by atoms with Gasteiger partial charge in [-0.2, -0.15) is 0 Å². The van der Waals surface area contributed by atoms with E-state index >= 15 is 0 Å². The maximum atomic E-state index is 12.2. The standard InChI is InChI=1S/C18H28N4OS/c1-3-22(4-2)11-15(23)19-17-21-20-16(24-17)18-8-12-5-13(9-18)7-14(6-12)10-18/h12-14H,3-11H2,1-2H3,(H,19,21,23)/p+1. The maximum Gasteiger partial charge on any atom is 0.281 e. The molecule has 1 heterocycles. The molecule has 1 aromatic rings. The second-order valence-electron chi connectivity index (χ2n) is 8.29. The highest BCUT2D eigenvalue weighted by molar-refractivity contribution is 7.15. The molecule has 24 heavy (non-hydrogen) atoms. The predicted octanol–water partition coefficient (Wildman–Crippen LogP) is 1.87. The van der Waals surface area contributed by atoms with Crippen LogP contribution in [0.3, 0.4) is 0 Å². The summed E-state index contributed by atoms with van der Waals surface area (Å²) in [5.41, 5.74) is 0.277. The van der Waals surface area contributed by atoms with E-state index in [9.17, 15) is 4.79 Å². The van der Waals surface area contributed by atoms with Gasteiger partial charge in [-0.1, -0.05) is 11.3 Å². The number of nitrogens with one attached hydrogen (secondary N) is 2. The van der Waals surface area contributed by atoms with Crippen molar-refractivity contribution in [1.29, 1.82) is 0 Å². The Bertz CT molecular complexity index is 575. The minimum absolute atomic E-state index is 0.0573. The van der Waals surface area contributed by atoms with Crippen molar-refractivity contribution in [2.24, 2.45) is 17.8 Å². The minimum Gasteiger partial charge on any atom is -0.328 e. The molecule has 0 spiro atoms. The first-order valence-electron chi connectivity index (χ1n) is 9.57. The van der Waals surface area contributed by atoms with Crippen LogP contribution >= 0.6 is 11.3 Å². The van der Waals surface area contributed by atoms with Crippen LogP contribution < -0.4 is 10.2 Å². The van der Waals surface area contributed by atoms with Gasteiger partial charge in [0.15, 0.2) is 6.54 Å².